The van der Waals surface area contributed by atoms with Crippen LogP contribution < -0.4 is 10.0 Å². The number of carbonyl (C=O) groups is 1. The third-order valence-electron chi connectivity index (χ3n) is 4.65. The maximum absolute atomic E-state index is 12.5. The summed E-state index contributed by atoms with van der Waals surface area (Å²) in [6.45, 7) is 7.62. The SMILES string of the molecule is Cc1noc(NS(=O)(=O)c2ccc(NC(=O)c3ccc(C(C)C)cc3)cc2)c1C. The number of hydrogen-bond acceptors (Lipinski definition) is 5. The van der Waals surface area contributed by atoms with Gasteiger partial charge in [0.15, 0.2) is 0 Å². The smallest absolute Gasteiger partial charge is 0.264 e. The molecule has 0 aliphatic rings. The van der Waals surface area contributed by atoms with E-state index in [1.165, 1.54) is 24.3 Å². The zero-order valence-corrected chi connectivity index (χ0v) is 17.5. The van der Waals surface area contributed by atoms with Gasteiger partial charge in [-0.25, -0.2) is 13.1 Å². The fourth-order valence-electron chi connectivity index (χ4n) is 2.63. The molecular formula is C21H23N3O4S. The summed E-state index contributed by atoms with van der Waals surface area (Å²) in [4.78, 5) is 12.4. The standard InChI is InChI=1S/C21H23N3O4S/c1-13(2)16-5-7-17(8-6-16)20(25)22-18-9-11-19(12-10-18)29(26,27)24-21-14(3)15(4)23-28-21/h5-13,24H,1-4H3,(H,22,25). The van der Waals surface area contributed by atoms with E-state index >= 15 is 0 Å². The third-order valence-corrected chi connectivity index (χ3v) is 5.99. The van der Waals surface area contributed by atoms with E-state index in [0.29, 0.717) is 28.4 Å². The quantitative estimate of drug-likeness (QED) is 0.621. The Kier molecular flexibility index (Phi) is 5.74. The molecule has 0 unspecified atom stereocenters. The molecule has 3 aromatic rings. The van der Waals surface area contributed by atoms with E-state index in [1.807, 2.05) is 12.1 Å². The lowest BCUT2D eigenvalue weighted by Crippen LogP contribution is -2.14. The molecule has 1 amide bonds. The lowest BCUT2D eigenvalue weighted by Gasteiger charge is -2.09. The summed E-state index contributed by atoms with van der Waals surface area (Å²) in [5.41, 5.74) is 3.42. The topological polar surface area (TPSA) is 101 Å². The molecule has 1 heterocycles. The van der Waals surface area contributed by atoms with Crippen LogP contribution in [0.5, 0.6) is 0 Å². The Balaban J connectivity index is 1.70. The van der Waals surface area contributed by atoms with Gasteiger partial charge in [-0.3, -0.25) is 4.79 Å². The highest BCUT2D eigenvalue weighted by Gasteiger charge is 2.19. The molecule has 0 radical (unpaired) electrons. The van der Waals surface area contributed by atoms with Crippen molar-refractivity contribution in [2.75, 3.05) is 10.0 Å². The molecule has 7 nitrogen and oxygen atoms in total. The normalized spacial score (nSPS) is 11.5. The first-order valence-electron chi connectivity index (χ1n) is 9.14. The molecule has 0 aliphatic carbocycles. The zero-order chi connectivity index (χ0) is 21.2. The molecule has 0 bridgehead atoms. The Morgan fingerprint density at radius 1 is 1.00 bits per heavy atom. The van der Waals surface area contributed by atoms with Gasteiger partial charge in [-0.15, -0.1) is 0 Å². The van der Waals surface area contributed by atoms with Crippen molar-refractivity contribution in [3.05, 3.63) is 70.9 Å². The molecule has 0 saturated carbocycles. The number of amides is 1. The Hall–Kier alpha value is -3.13. The first kappa shape index (κ1) is 20.6. The van der Waals surface area contributed by atoms with E-state index in [-0.39, 0.29) is 16.7 Å². The van der Waals surface area contributed by atoms with Crippen LogP contribution in [0.1, 0.15) is 46.9 Å². The van der Waals surface area contributed by atoms with Crippen LogP contribution in [0.15, 0.2) is 57.9 Å². The largest absolute Gasteiger partial charge is 0.337 e. The van der Waals surface area contributed by atoms with Crippen molar-refractivity contribution in [3.63, 3.8) is 0 Å². The number of carbonyl (C=O) groups excluding carboxylic acids is 1. The molecule has 152 valence electrons. The third kappa shape index (κ3) is 4.65. The summed E-state index contributed by atoms with van der Waals surface area (Å²) in [5.74, 6) is 0.214. The van der Waals surface area contributed by atoms with Gasteiger partial charge in [0, 0.05) is 16.8 Å². The summed E-state index contributed by atoms with van der Waals surface area (Å²) in [7, 11) is -3.83. The number of nitrogens with zero attached hydrogens (tertiary/aromatic N) is 1. The Morgan fingerprint density at radius 3 is 2.14 bits per heavy atom. The lowest BCUT2D eigenvalue weighted by molar-refractivity contribution is 0.102. The number of sulfonamides is 1. The Labute approximate surface area is 170 Å². The minimum atomic E-state index is -3.83. The van der Waals surface area contributed by atoms with Crippen LogP contribution in [0.2, 0.25) is 0 Å². The van der Waals surface area contributed by atoms with Crippen LogP contribution in [-0.4, -0.2) is 19.5 Å². The summed E-state index contributed by atoms with van der Waals surface area (Å²) < 4.78 is 32.4. The Bertz CT molecular complexity index is 1120. The fraction of sp³-hybridized carbons (Fsp3) is 0.238. The van der Waals surface area contributed by atoms with Crippen molar-refractivity contribution in [2.24, 2.45) is 0 Å². The highest BCUT2D eigenvalue weighted by atomic mass is 32.2. The van der Waals surface area contributed by atoms with Crippen LogP contribution in [0.25, 0.3) is 0 Å². The summed E-state index contributed by atoms with van der Waals surface area (Å²) >= 11 is 0. The number of nitrogens with one attached hydrogen (secondary N) is 2. The van der Waals surface area contributed by atoms with Gasteiger partial charge < -0.3 is 9.84 Å². The summed E-state index contributed by atoms with van der Waals surface area (Å²) in [5, 5.41) is 6.50. The van der Waals surface area contributed by atoms with Gasteiger partial charge in [0.25, 0.3) is 15.9 Å². The molecule has 0 atom stereocenters. The average Bonchev–Trinajstić information content (AvgIpc) is 3.00. The molecular weight excluding hydrogens is 390 g/mol. The lowest BCUT2D eigenvalue weighted by atomic mass is 10.0. The summed E-state index contributed by atoms with van der Waals surface area (Å²) in [6, 6.07) is 13.3. The van der Waals surface area contributed by atoms with Crippen molar-refractivity contribution in [2.45, 2.75) is 38.5 Å². The van der Waals surface area contributed by atoms with E-state index < -0.39 is 10.0 Å². The maximum atomic E-state index is 12.5. The predicted molar refractivity (Wildman–Crippen MR) is 112 cm³/mol. The number of rotatable bonds is 6. The van der Waals surface area contributed by atoms with Gasteiger partial charge in [0.2, 0.25) is 5.88 Å². The average molecular weight is 413 g/mol. The minimum absolute atomic E-state index is 0.0465. The van der Waals surface area contributed by atoms with Crippen LogP contribution in [0.3, 0.4) is 0 Å². The van der Waals surface area contributed by atoms with Crippen molar-refractivity contribution in [1.29, 1.82) is 0 Å². The second-order valence-electron chi connectivity index (χ2n) is 7.08. The molecule has 0 aliphatic heterocycles. The second kappa shape index (κ2) is 8.08. The first-order chi connectivity index (χ1) is 13.7. The molecule has 3 rings (SSSR count). The van der Waals surface area contributed by atoms with Gasteiger partial charge in [-0.2, -0.15) is 0 Å². The fourth-order valence-corrected chi connectivity index (χ4v) is 3.68. The minimum Gasteiger partial charge on any atom is -0.337 e. The molecule has 1 aromatic heterocycles. The summed E-state index contributed by atoms with van der Waals surface area (Å²) in [6.07, 6.45) is 0. The van der Waals surface area contributed by atoms with Gasteiger partial charge >= 0.3 is 0 Å². The van der Waals surface area contributed by atoms with Crippen LogP contribution >= 0.6 is 0 Å². The van der Waals surface area contributed by atoms with Gasteiger partial charge in [-0.05, 0) is 61.7 Å². The van der Waals surface area contributed by atoms with E-state index in [9.17, 15) is 13.2 Å². The number of aryl methyl sites for hydroxylation is 1. The van der Waals surface area contributed by atoms with Crippen LogP contribution in [-0.2, 0) is 10.0 Å². The van der Waals surface area contributed by atoms with Gasteiger partial charge in [0.1, 0.15) is 0 Å². The predicted octanol–water partition coefficient (Wildman–Crippen LogP) is 4.47. The molecule has 29 heavy (non-hydrogen) atoms. The van der Waals surface area contributed by atoms with Crippen LogP contribution in [0.4, 0.5) is 11.6 Å². The van der Waals surface area contributed by atoms with Crippen molar-refractivity contribution >= 4 is 27.5 Å². The van der Waals surface area contributed by atoms with E-state index in [0.717, 1.165) is 5.56 Å². The molecule has 8 heteroatoms. The number of anilines is 2. The second-order valence-corrected chi connectivity index (χ2v) is 8.77. The molecule has 0 saturated heterocycles. The van der Waals surface area contributed by atoms with E-state index in [1.54, 1.807) is 26.0 Å². The van der Waals surface area contributed by atoms with Gasteiger partial charge in [-0.1, -0.05) is 31.1 Å². The van der Waals surface area contributed by atoms with E-state index in [2.05, 4.69) is 29.0 Å². The highest BCUT2D eigenvalue weighted by Crippen LogP contribution is 2.23. The zero-order valence-electron chi connectivity index (χ0n) is 16.7. The number of benzene rings is 2. The van der Waals surface area contributed by atoms with Gasteiger partial charge in [0.05, 0.1) is 10.6 Å². The maximum Gasteiger partial charge on any atom is 0.264 e. The molecule has 2 N–H and O–H groups in total. The number of aromatic nitrogens is 1. The molecule has 0 fully saturated rings. The number of hydrogen-bond donors (Lipinski definition) is 2. The highest BCUT2D eigenvalue weighted by molar-refractivity contribution is 7.92. The van der Waals surface area contributed by atoms with Crippen molar-refractivity contribution in [1.82, 2.24) is 5.16 Å². The monoisotopic (exact) mass is 413 g/mol. The van der Waals surface area contributed by atoms with Crippen molar-refractivity contribution in [3.8, 4) is 0 Å². The first-order valence-corrected chi connectivity index (χ1v) is 10.6. The van der Waals surface area contributed by atoms with E-state index in [4.69, 9.17) is 4.52 Å². The molecule has 0 spiro atoms. The van der Waals surface area contributed by atoms with Crippen LogP contribution in [0, 0.1) is 13.8 Å². The Morgan fingerprint density at radius 2 is 1.62 bits per heavy atom. The van der Waals surface area contributed by atoms with Crippen molar-refractivity contribution < 1.29 is 17.7 Å². The molecule has 2 aromatic carbocycles.